The molecule has 0 aromatic rings. The number of carboxylic acid groups (broad SMARTS) is 1. The third-order valence-corrected chi connectivity index (χ3v) is 9.17. The lowest BCUT2D eigenvalue weighted by atomic mass is 9.46. The van der Waals surface area contributed by atoms with Crippen molar-refractivity contribution in [2.45, 2.75) is 64.9 Å². The van der Waals surface area contributed by atoms with E-state index in [0.717, 1.165) is 5.57 Å². The van der Waals surface area contributed by atoms with Crippen LogP contribution in [0.4, 0.5) is 0 Å². The van der Waals surface area contributed by atoms with Gasteiger partial charge in [0, 0.05) is 23.2 Å². The zero-order valence-electron chi connectivity index (χ0n) is 19.8. The van der Waals surface area contributed by atoms with Gasteiger partial charge in [-0.15, -0.1) is 0 Å². The van der Waals surface area contributed by atoms with E-state index >= 15 is 0 Å². The van der Waals surface area contributed by atoms with E-state index in [9.17, 15) is 29.1 Å². The summed E-state index contributed by atoms with van der Waals surface area (Å²) in [7, 11) is 0. The van der Waals surface area contributed by atoms with E-state index in [4.69, 9.17) is 9.84 Å². The van der Waals surface area contributed by atoms with Gasteiger partial charge < -0.3 is 14.9 Å². The number of hydrogen-bond donors (Lipinski definition) is 2. The summed E-state index contributed by atoms with van der Waals surface area (Å²) in [5.41, 5.74) is -2.39. The lowest BCUT2D eigenvalue weighted by Gasteiger charge is -2.56. The Morgan fingerprint density at radius 1 is 1.18 bits per heavy atom. The Balaban J connectivity index is 1.58. The minimum Gasteiger partial charge on any atom is -0.481 e. The molecular formula is C26H32O8. The minimum absolute atomic E-state index is 0.0189. The highest BCUT2D eigenvalue weighted by atomic mass is 16.5. The Kier molecular flexibility index (Phi) is 5.95. The van der Waals surface area contributed by atoms with Gasteiger partial charge in [0.1, 0.15) is 11.4 Å². The summed E-state index contributed by atoms with van der Waals surface area (Å²) in [6, 6.07) is 0. The van der Waals surface area contributed by atoms with Crippen molar-refractivity contribution in [3.63, 3.8) is 0 Å². The molecule has 0 aliphatic heterocycles. The number of esters is 1. The first-order chi connectivity index (χ1) is 15.8. The highest BCUT2D eigenvalue weighted by molar-refractivity contribution is 6.02. The van der Waals surface area contributed by atoms with Crippen LogP contribution in [0.15, 0.2) is 23.8 Å². The predicted octanol–water partition coefficient (Wildman–Crippen LogP) is 2.43. The van der Waals surface area contributed by atoms with Crippen LogP contribution in [0.2, 0.25) is 0 Å². The molecule has 7 atom stereocenters. The van der Waals surface area contributed by atoms with Crippen molar-refractivity contribution in [1.82, 2.24) is 0 Å². The lowest BCUT2D eigenvalue weighted by Crippen LogP contribution is -2.62. The fourth-order valence-electron chi connectivity index (χ4n) is 7.50. The molecule has 0 bridgehead atoms. The van der Waals surface area contributed by atoms with Gasteiger partial charge in [-0.25, -0.2) is 0 Å². The van der Waals surface area contributed by atoms with Crippen LogP contribution in [0.3, 0.4) is 0 Å². The zero-order valence-corrected chi connectivity index (χ0v) is 19.8. The maximum absolute atomic E-state index is 13.6. The lowest BCUT2D eigenvalue weighted by molar-refractivity contribution is -0.176. The van der Waals surface area contributed by atoms with Crippen molar-refractivity contribution >= 4 is 29.3 Å². The fraction of sp³-hybridized carbons (Fsp3) is 0.654. The number of ketones is 3. The first kappa shape index (κ1) is 24.5. The number of aliphatic hydroxyl groups is 1. The van der Waals surface area contributed by atoms with Gasteiger partial charge in [0.2, 0.25) is 5.78 Å². The molecule has 4 unspecified atom stereocenters. The van der Waals surface area contributed by atoms with E-state index in [1.165, 1.54) is 6.08 Å². The first-order valence-electron chi connectivity index (χ1n) is 11.9. The van der Waals surface area contributed by atoms with Crippen LogP contribution < -0.4 is 0 Å². The molecule has 8 nitrogen and oxygen atoms in total. The topological polar surface area (TPSA) is 135 Å². The van der Waals surface area contributed by atoms with E-state index in [2.05, 4.69) is 0 Å². The molecule has 0 spiro atoms. The van der Waals surface area contributed by atoms with Crippen molar-refractivity contribution in [3.05, 3.63) is 23.8 Å². The summed E-state index contributed by atoms with van der Waals surface area (Å²) in [4.78, 5) is 61.3. The number of aliphatic carboxylic acids is 1. The highest BCUT2D eigenvalue weighted by Gasteiger charge is 2.70. The zero-order chi connectivity index (χ0) is 25.1. The molecule has 8 heteroatoms. The molecule has 4 rings (SSSR count). The van der Waals surface area contributed by atoms with Crippen LogP contribution in [0.1, 0.15) is 59.3 Å². The first-order valence-corrected chi connectivity index (χ1v) is 11.9. The number of allylic oxidation sites excluding steroid dienone is 4. The summed E-state index contributed by atoms with van der Waals surface area (Å²) in [5.74, 6) is -3.55. The van der Waals surface area contributed by atoms with Gasteiger partial charge in [-0.3, -0.25) is 24.0 Å². The summed E-state index contributed by atoms with van der Waals surface area (Å²) < 4.78 is 4.99. The number of hydrogen-bond acceptors (Lipinski definition) is 7. The van der Waals surface area contributed by atoms with Crippen LogP contribution in [-0.4, -0.2) is 51.7 Å². The van der Waals surface area contributed by atoms with Crippen molar-refractivity contribution in [2.75, 3.05) is 6.61 Å². The molecule has 0 radical (unpaired) electrons. The van der Waals surface area contributed by atoms with E-state index in [1.807, 2.05) is 13.0 Å². The van der Waals surface area contributed by atoms with Gasteiger partial charge in [0.25, 0.3) is 0 Å². The number of carboxylic acids is 1. The second-order valence-corrected chi connectivity index (χ2v) is 10.9. The summed E-state index contributed by atoms with van der Waals surface area (Å²) in [6.45, 7) is 4.94. The monoisotopic (exact) mass is 472 g/mol. The fourth-order valence-corrected chi connectivity index (χ4v) is 7.50. The number of carbonyl (C=O) groups is 5. The van der Waals surface area contributed by atoms with Crippen molar-refractivity contribution < 1.29 is 38.9 Å². The molecular weight excluding hydrogens is 440 g/mol. The number of carbonyl (C=O) groups excluding carboxylic acids is 4. The van der Waals surface area contributed by atoms with E-state index in [1.54, 1.807) is 19.9 Å². The highest BCUT2D eigenvalue weighted by Crippen LogP contribution is 2.67. The molecule has 3 saturated carbocycles. The van der Waals surface area contributed by atoms with Crippen molar-refractivity contribution in [1.29, 1.82) is 0 Å². The van der Waals surface area contributed by atoms with E-state index in [-0.39, 0.29) is 42.2 Å². The second-order valence-electron chi connectivity index (χ2n) is 10.9. The Labute approximate surface area is 198 Å². The number of fused-ring (bicyclic) bond motifs is 5. The maximum Gasteiger partial charge on any atom is 0.306 e. The van der Waals surface area contributed by atoms with Gasteiger partial charge in [-0.05, 0) is 49.2 Å². The Morgan fingerprint density at radius 2 is 1.88 bits per heavy atom. The standard InChI is InChI=1S/C26H32O8/c1-14-10-18-17-5-4-15-11-16(27)8-9-24(15,2)23(17)19(28)12-25(18,3)26(14,33)20(29)13-34-22(32)7-6-21(30)31/h8-9,11,14,17-18,23,33H,4-7,10,12-13H2,1-3H3,(H,30,31)/t14?,17?,18?,23?,24-,25-,26-/m0/s1. The van der Waals surface area contributed by atoms with Crippen LogP contribution >= 0.6 is 0 Å². The van der Waals surface area contributed by atoms with Gasteiger partial charge in [0.15, 0.2) is 12.4 Å². The molecule has 184 valence electrons. The molecule has 3 fully saturated rings. The normalized spacial score (nSPS) is 40.6. The third-order valence-electron chi connectivity index (χ3n) is 9.17. The van der Waals surface area contributed by atoms with Crippen LogP contribution in [0, 0.1) is 34.5 Å². The SMILES string of the molecule is CC1CC2C3CCC4=CC(=O)C=C[C@]4(C)C3C(=O)C[C@]2(C)[C@@]1(O)C(=O)COC(=O)CCC(=O)O. The largest absolute Gasteiger partial charge is 0.481 e. The average molecular weight is 473 g/mol. The minimum atomic E-state index is -1.83. The van der Waals surface area contributed by atoms with Gasteiger partial charge >= 0.3 is 11.9 Å². The van der Waals surface area contributed by atoms with Crippen LogP contribution in [0.5, 0.6) is 0 Å². The van der Waals surface area contributed by atoms with E-state index < -0.39 is 53.1 Å². The van der Waals surface area contributed by atoms with Crippen molar-refractivity contribution in [3.8, 4) is 0 Å². The molecule has 4 aliphatic carbocycles. The molecule has 0 amide bonds. The third kappa shape index (κ3) is 3.49. The van der Waals surface area contributed by atoms with Crippen molar-refractivity contribution in [2.24, 2.45) is 34.5 Å². The predicted molar refractivity (Wildman–Crippen MR) is 119 cm³/mol. The smallest absolute Gasteiger partial charge is 0.306 e. The molecule has 0 aromatic carbocycles. The maximum atomic E-state index is 13.6. The second kappa shape index (κ2) is 8.26. The summed E-state index contributed by atoms with van der Waals surface area (Å²) >= 11 is 0. The van der Waals surface area contributed by atoms with Gasteiger partial charge in [0.05, 0.1) is 12.8 Å². The molecule has 2 N–H and O–H groups in total. The number of Topliss-reactive ketones (excluding diaryl/α,β-unsaturated/α-hetero) is 2. The molecule has 0 heterocycles. The summed E-state index contributed by atoms with van der Waals surface area (Å²) in [5, 5.41) is 20.5. The Morgan fingerprint density at radius 3 is 2.56 bits per heavy atom. The number of ether oxygens (including phenoxy) is 1. The average Bonchev–Trinajstić information content (AvgIpc) is 2.97. The molecule has 0 saturated heterocycles. The van der Waals surface area contributed by atoms with Gasteiger partial charge in [-0.2, -0.15) is 0 Å². The van der Waals surface area contributed by atoms with E-state index in [0.29, 0.717) is 19.3 Å². The molecule has 4 aliphatic rings. The Hall–Kier alpha value is -2.61. The Bertz CT molecular complexity index is 1020. The van der Waals surface area contributed by atoms with Crippen LogP contribution in [-0.2, 0) is 28.7 Å². The molecule has 34 heavy (non-hydrogen) atoms. The number of rotatable bonds is 6. The van der Waals surface area contributed by atoms with Crippen LogP contribution in [0.25, 0.3) is 0 Å². The summed E-state index contributed by atoms with van der Waals surface area (Å²) in [6.07, 6.45) is 6.27. The quantitative estimate of drug-likeness (QED) is 0.563. The molecule has 0 aromatic heterocycles. The van der Waals surface area contributed by atoms with Gasteiger partial charge in [-0.1, -0.05) is 32.4 Å².